The lowest BCUT2D eigenvalue weighted by molar-refractivity contribution is -0.138. The number of fused-ring (bicyclic) bond motifs is 1. The van der Waals surface area contributed by atoms with Crippen LogP contribution < -0.4 is 4.74 Å². The van der Waals surface area contributed by atoms with E-state index in [0.717, 1.165) is 6.42 Å². The third-order valence-corrected chi connectivity index (χ3v) is 7.10. The number of phenols is 1. The highest BCUT2D eigenvalue weighted by Crippen LogP contribution is 2.42. The Kier molecular flexibility index (Phi) is 6.17. The molecule has 0 radical (unpaired) electrons. The summed E-state index contributed by atoms with van der Waals surface area (Å²) in [6, 6.07) is 7.11. The van der Waals surface area contributed by atoms with Crippen LogP contribution in [0.25, 0.3) is 0 Å². The number of ether oxygens (including phenoxy) is 1. The van der Waals surface area contributed by atoms with Crippen molar-refractivity contribution in [1.29, 1.82) is 0 Å². The molecule has 1 atom stereocenters. The maximum absolute atomic E-state index is 13.2. The van der Waals surface area contributed by atoms with Crippen molar-refractivity contribution >= 4 is 21.6 Å². The first kappa shape index (κ1) is 21.8. The molecule has 1 aliphatic rings. The van der Waals surface area contributed by atoms with E-state index in [4.69, 9.17) is 4.74 Å². The van der Waals surface area contributed by atoms with Gasteiger partial charge in [0.15, 0.2) is 9.84 Å². The molecule has 0 aliphatic carbocycles. The summed E-state index contributed by atoms with van der Waals surface area (Å²) in [6.07, 6.45) is 1.81. The van der Waals surface area contributed by atoms with Gasteiger partial charge >= 0.3 is 5.97 Å². The van der Waals surface area contributed by atoms with Gasteiger partial charge in [-0.2, -0.15) is 0 Å². The standard InChI is InChI=1S/C22H24O7S/c1-3-4-11-30(27,28)16-7-5-14(6-8-16)19(23)18-20(24)17(13(2)22(25)26)12-15-9-10-29-21(15)18/h5-8,12-13,24H,3-4,9-11H2,1-2H3,(H,25,26). The largest absolute Gasteiger partial charge is 0.507 e. The first-order chi connectivity index (χ1) is 14.2. The average Bonchev–Trinajstić information content (AvgIpc) is 3.19. The van der Waals surface area contributed by atoms with Gasteiger partial charge in [0, 0.05) is 17.5 Å². The molecule has 30 heavy (non-hydrogen) atoms. The molecule has 0 saturated heterocycles. The lowest BCUT2D eigenvalue weighted by atomic mass is 9.90. The molecule has 1 aliphatic heterocycles. The number of carbonyl (C=O) groups excluding carboxylic acids is 1. The van der Waals surface area contributed by atoms with Gasteiger partial charge in [-0.1, -0.05) is 13.3 Å². The quantitative estimate of drug-likeness (QED) is 0.614. The van der Waals surface area contributed by atoms with Gasteiger partial charge in [-0.05, 0) is 49.2 Å². The summed E-state index contributed by atoms with van der Waals surface area (Å²) in [5.41, 5.74) is 0.902. The summed E-state index contributed by atoms with van der Waals surface area (Å²) < 4.78 is 30.2. The molecule has 0 spiro atoms. The topological polar surface area (TPSA) is 118 Å². The number of ketones is 1. The molecule has 0 amide bonds. The summed E-state index contributed by atoms with van der Waals surface area (Å²) in [4.78, 5) is 24.7. The highest BCUT2D eigenvalue weighted by atomic mass is 32.2. The third kappa shape index (κ3) is 4.05. The fourth-order valence-electron chi connectivity index (χ4n) is 3.43. The molecule has 2 N–H and O–H groups in total. The van der Waals surface area contributed by atoms with Crippen LogP contribution in [0.3, 0.4) is 0 Å². The SMILES string of the molecule is CCCCS(=O)(=O)c1ccc(C(=O)c2c(O)c(C(C)C(=O)O)cc3c2OCC3)cc1. The summed E-state index contributed by atoms with van der Waals surface area (Å²) in [6.45, 7) is 3.67. The van der Waals surface area contributed by atoms with Crippen molar-refractivity contribution in [3.05, 3.63) is 52.6 Å². The van der Waals surface area contributed by atoms with Crippen LogP contribution in [0.4, 0.5) is 0 Å². The summed E-state index contributed by atoms with van der Waals surface area (Å²) >= 11 is 0. The number of carboxylic acid groups (broad SMARTS) is 1. The number of carbonyl (C=O) groups is 2. The van der Waals surface area contributed by atoms with Crippen molar-refractivity contribution in [2.24, 2.45) is 0 Å². The Labute approximate surface area is 175 Å². The molecule has 0 saturated carbocycles. The molecule has 0 aromatic heterocycles. The number of hydrogen-bond acceptors (Lipinski definition) is 6. The first-order valence-electron chi connectivity index (χ1n) is 9.79. The van der Waals surface area contributed by atoms with Gasteiger partial charge in [-0.25, -0.2) is 8.42 Å². The Bertz CT molecular complexity index is 1090. The fraction of sp³-hybridized carbons (Fsp3) is 0.364. The van der Waals surface area contributed by atoms with Crippen molar-refractivity contribution in [1.82, 2.24) is 0 Å². The summed E-state index contributed by atoms with van der Waals surface area (Å²) in [5, 5.41) is 20.1. The molecule has 1 unspecified atom stereocenters. The van der Waals surface area contributed by atoms with E-state index in [1.807, 2.05) is 6.92 Å². The average molecular weight is 432 g/mol. The Morgan fingerprint density at radius 1 is 1.20 bits per heavy atom. The second-order valence-electron chi connectivity index (χ2n) is 7.36. The van der Waals surface area contributed by atoms with Gasteiger partial charge in [0.1, 0.15) is 17.1 Å². The van der Waals surface area contributed by atoms with Crippen LogP contribution in [0.15, 0.2) is 35.2 Å². The lowest BCUT2D eigenvalue weighted by Crippen LogP contribution is -2.12. The number of aromatic hydroxyl groups is 1. The predicted molar refractivity (Wildman–Crippen MR) is 110 cm³/mol. The number of phenolic OH excluding ortho intramolecular Hbond substituents is 1. The van der Waals surface area contributed by atoms with Crippen molar-refractivity contribution in [3.8, 4) is 11.5 Å². The second kappa shape index (κ2) is 8.47. The normalized spacial score (nSPS) is 14.1. The number of rotatable bonds is 8. The molecule has 7 nitrogen and oxygen atoms in total. The molecule has 160 valence electrons. The highest BCUT2D eigenvalue weighted by molar-refractivity contribution is 7.91. The maximum atomic E-state index is 13.2. The van der Waals surface area contributed by atoms with Crippen molar-refractivity contribution in [2.75, 3.05) is 12.4 Å². The van der Waals surface area contributed by atoms with E-state index in [1.54, 1.807) is 6.07 Å². The Morgan fingerprint density at radius 3 is 2.47 bits per heavy atom. The van der Waals surface area contributed by atoms with Gasteiger partial charge in [0.05, 0.1) is 23.2 Å². The number of sulfone groups is 1. The highest BCUT2D eigenvalue weighted by Gasteiger charge is 2.31. The van der Waals surface area contributed by atoms with E-state index in [9.17, 15) is 28.2 Å². The zero-order valence-electron chi connectivity index (χ0n) is 16.8. The smallest absolute Gasteiger partial charge is 0.310 e. The monoisotopic (exact) mass is 432 g/mol. The van der Waals surface area contributed by atoms with E-state index in [1.165, 1.54) is 31.2 Å². The summed E-state index contributed by atoms with van der Waals surface area (Å²) in [5.74, 6) is -2.82. The molecule has 2 aromatic carbocycles. The number of carboxylic acids is 1. The minimum Gasteiger partial charge on any atom is -0.507 e. The van der Waals surface area contributed by atoms with Crippen LogP contribution >= 0.6 is 0 Å². The zero-order valence-corrected chi connectivity index (χ0v) is 17.7. The minimum atomic E-state index is -3.43. The molecule has 0 bridgehead atoms. The van der Waals surface area contributed by atoms with E-state index in [-0.39, 0.29) is 33.1 Å². The lowest BCUT2D eigenvalue weighted by Gasteiger charge is -2.16. The Morgan fingerprint density at radius 2 is 1.87 bits per heavy atom. The zero-order chi connectivity index (χ0) is 22.1. The van der Waals surface area contributed by atoms with Crippen LogP contribution in [0.1, 0.15) is 59.7 Å². The predicted octanol–water partition coefficient (Wildman–Crippen LogP) is 3.32. The van der Waals surface area contributed by atoms with Crippen molar-refractivity contribution in [3.63, 3.8) is 0 Å². The van der Waals surface area contributed by atoms with E-state index in [2.05, 4.69) is 0 Å². The van der Waals surface area contributed by atoms with Crippen LogP contribution in [0, 0.1) is 0 Å². The van der Waals surface area contributed by atoms with Crippen LogP contribution in [0.5, 0.6) is 11.5 Å². The molecule has 2 aromatic rings. The van der Waals surface area contributed by atoms with E-state index >= 15 is 0 Å². The number of hydrogen-bond donors (Lipinski definition) is 2. The van der Waals surface area contributed by atoms with Gasteiger partial charge in [-0.15, -0.1) is 0 Å². The van der Waals surface area contributed by atoms with Gasteiger partial charge in [0.25, 0.3) is 0 Å². The first-order valence-corrected chi connectivity index (χ1v) is 11.4. The van der Waals surface area contributed by atoms with Crippen LogP contribution in [-0.2, 0) is 21.1 Å². The number of unbranched alkanes of at least 4 members (excludes halogenated alkanes) is 1. The third-order valence-electron chi connectivity index (χ3n) is 5.28. The maximum Gasteiger partial charge on any atom is 0.310 e. The van der Waals surface area contributed by atoms with E-state index < -0.39 is 33.3 Å². The number of benzene rings is 2. The van der Waals surface area contributed by atoms with E-state index in [0.29, 0.717) is 25.0 Å². The molecular weight excluding hydrogens is 408 g/mol. The minimum absolute atomic E-state index is 0.0358. The van der Waals surface area contributed by atoms with Gasteiger partial charge in [-0.3, -0.25) is 9.59 Å². The van der Waals surface area contributed by atoms with Crippen molar-refractivity contribution < 1.29 is 33.0 Å². The molecule has 0 fully saturated rings. The van der Waals surface area contributed by atoms with Gasteiger partial charge in [0.2, 0.25) is 5.78 Å². The summed E-state index contributed by atoms with van der Waals surface area (Å²) in [7, 11) is -3.43. The Hall–Kier alpha value is -2.87. The Balaban J connectivity index is 2.02. The molecule has 8 heteroatoms. The van der Waals surface area contributed by atoms with Crippen LogP contribution in [-0.4, -0.2) is 42.7 Å². The molecule has 1 heterocycles. The van der Waals surface area contributed by atoms with Gasteiger partial charge < -0.3 is 14.9 Å². The fourth-order valence-corrected chi connectivity index (χ4v) is 4.89. The van der Waals surface area contributed by atoms with Crippen LogP contribution in [0.2, 0.25) is 0 Å². The number of aliphatic carboxylic acids is 1. The van der Waals surface area contributed by atoms with Crippen molar-refractivity contribution in [2.45, 2.75) is 43.9 Å². The second-order valence-corrected chi connectivity index (χ2v) is 9.47. The molecule has 3 rings (SSSR count). The molecular formula is C22H24O7S.